The summed E-state index contributed by atoms with van der Waals surface area (Å²) in [6.45, 7) is 1.29. The summed E-state index contributed by atoms with van der Waals surface area (Å²) in [4.78, 5) is 44.5. The zero-order valence-corrected chi connectivity index (χ0v) is 18.7. The van der Waals surface area contributed by atoms with Gasteiger partial charge in [-0.3, -0.25) is 19.4 Å². The number of fused-ring (bicyclic) bond motifs is 1. The van der Waals surface area contributed by atoms with Gasteiger partial charge in [0.2, 0.25) is 17.6 Å². The smallest absolute Gasteiger partial charge is 0.293 e. The second-order valence-electron chi connectivity index (χ2n) is 8.61. The standard InChI is InChI=1S/C25H26N4O5/c30-20-15-33-14-13-29(20)18-10-8-16(9-11-18)24(31)28-22-21-19(7-4-12-26-21)34-23(22)25(32)27-17-5-2-1-3-6-17/h1-7,12,16,18H,8-11,13-15H2,(H,27,32)(H,28,31)/t16-,18-. The fourth-order valence-corrected chi connectivity index (χ4v) is 4.71. The molecule has 3 heterocycles. The molecule has 1 aliphatic heterocycles. The van der Waals surface area contributed by atoms with E-state index in [1.165, 1.54) is 0 Å². The molecule has 0 bridgehead atoms. The van der Waals surface area contributed by atoms with Crippen LogP contribution < -0.4 is 10.6 Å². The third kappa shape index (κ3) is 4.51. The molecule has 176 valence electrons. The van der Waals surface area contributed by atoms with Crippen molar-refractivity contribution in [3.05, 3.63) is 54.4 Å². The maximum Gasteiger partial charge on any atom is 0.293 e. The van der Waals surface area contributed by atoms with Gasteiger partial charge in [-0.15, -0.1) is 0 Å². The predicted molar refractivity (Wildman–Crippen MR) is 125 cm³/mol. The van der Waals surface area contributed by atoms with E-state index in [9.17, 15) is 14.4 Å². The van der Waals surface area contributed by atoms with Gasteiger partial charge in [-0.25, -0.2) is 0 Å². The molecule has 0 radical (unpaired) electrons. The Balaban J connectivity index is 1.30. The van der Waals surface area contributed by atoms with Crippen LogP contribution in [0.5, 0.6) is 0 Å². The van der Waals surface area contributed by atoms with Crippen molar-refractivity contribution in [1.29, 1.82) is 0 Å². The number of morpholine rings is 1. The number of hydrogen-bond donors (Lipinski definition) is 2. The van der Waals surface area contributed by atoms with Crippen molar-refractivity contribution >= 4 is 40.2 Å². The third-order valence-corrected chi connectivity index (χ3v) is 6.46. The molecule has 34 heavy (non-hydrogen) atoms. The van der Waals surface area contributed by atoms with E-state index in [4.69, 9.17) is 9.15 Å². The SMILES string of the molecule is O=C(Nc1ccccc1)c1oc2cccnc2c1NC(=O)[C@H]1CC[C@H](N2CCOCC2=O)CC1. The molecule has 1 aliphatic carbocycles. The number of carbonyl (C=O) groups excluding carboxylic acids is 3. The first-order valence-corrected chi connectivity index (χ1v) is 11.5. The van der Waals surface area contributed by atoms with E-state index in [1.54, 1.807) is 30.5 Å². The van der Waals surface area contributed by atoms with E-state index >= 15 is 0 Å². The first kappa shape index (κ1) is 22.1. The van der Waals surface area contributed by atoms with Gasteiger partial charge in [0.05, 0.1) is 6.61 Å². The van der Waals surface area contributed by atoms with Crippen LogP contribution in [-0.2, 0) is 14.3 Å². The molecule has 9 nitrogen and oxygen atoms in total. The van der Waals surface area contributed by atoms with Crippen molar-refractivity contribution in [2.24, 2.45) is 5.92 Å². The van der Waals surface area contributed by atoms with Crippen LogP contribution in [0.1, 0.15) is 36.2 Å². The Kier molecular flexibility index (Phi) is 6.27. The molecule has 2 fully saturated rings. The van der Waals surface area contributed by atoms with Gasteiger partial charge in [-0.2, -0.15) is 0 Å². The molecule has 3 amide bonds. The van der Waals surface area contributed by atoms with E-state index in [1.807, 2.05) is 23.1 Å². The van der Waals surface area contributed by atoms with Gasteiger partial charge in [-0.05, 0) is 49.9 Å². The van der Waals surface area contributed by atoms with Crippen LogP contribution >= 0.6 is 0 Å². The molecular formula is C25H26N4O5. The highest BCUT2D eigenvalue weighted by Gasteiger charge is 2.34. The highest BCUT2D eigenvalue weighted by molar-refractivity contribution is 6.13. The van der Waals surface area contributed by atoms with E-state index in [-0.39, 0.29) is 41.8 Å². The first-order valence-electron chi connectivity index (χ1n) is 11.5. The van der Waals surface area contributed by atoms with Crippen molar-refractivity contribution in [2.45, 2.75) is 31.7 Å². The van der Waals surface area contributed by atoms with Crippen molar-refractivity contribution in [3.63, 3.8) is 0 Å². The Labute approximate surface area is 196 Å². The number of rotatable bonds is 5. The molecular weight excluding hydrogens is 436 g/mol. The molecule has 3 aromatic rings. The lowest BCUT2D eigenvalue weighted by molar-refractivity contribution is -0.146. The monoisotopic (exact) mass is 462 g/mol. The molecule has 1 aromatic carbocycles. The van der Waals surface area contributed by atoms with Gasteiger partial charge in [-0.1, -0.05) is 18.2 Å². The Hall–Kier alpha value is -3.72. The van der Waals surface area contributed by atoms with Crippen molar-refractivity contribution < 1.29 is 23.5 Å². The molecule has 0 spiro atoms. The number of para-hydroxylation sites is 1. The molecule has 5 rings (SSSR count). The summed E-state index contributed by atoms with van der Waals surface area (Å²) in [6.07, 6.45) is 4.44. The number of nitrogens with one attached hydrogen (secondary N) is 2. The number of amides is 3. The Bertz CT molecular complexity index is 1200. The zero-order chi connectivity index (χ0) is 23.5. The summed E-state index contributed by atoms with van der Waals surface area (Å²) in [7, 11) is 0. The van der Waals surface area contributed by atoms with Gasteiger partial charge < -0.3 is 24.7 Å². The number of carbonyl (C=O) groups is 3. The quantitative estimate of drug-likeness (QED) is 0.601. The molecule has 0 atom stereocenters. The highest BCUT2D eigenvalue weighted by Crippen LogP contribution is 2.33. The lowest BCUT2D eigenvalue weighted by Gasteiger charge is -2.38. The number of pyridine rings is 1. The summed E-state index contributed by atoms with van der Waals surface area (Å²) in [6, 6.07) is 12.6. The number of anilines is 2. The lowest BCUT2D eigenvalue weighted by atomic mass is 9.84. The van der Waals surface area contributed by atoms with Gasteiger partial charge in [0.25, 0.3) is 5.91 Å². The Morgan fingerprint density at radius 1 is 1.00 bits per heavy atom. The van der Waals surface area contributed by atoms with E-state index in [2.05, 4.69) is 15.6 Å². The fourth-order valence-electron chi connectivity index (χ4n) is 4.71. The molecule has 0 unspecified atom stereocenters. The van der Waals surface area contributed by atoms with Crippen LogP contribution in [0.2, 0.25) is 0 Å². The topological polar surface area (TPSA) is 114 Å². The average Bonchev–Trinajstić information content (AvgIpc) is 3.23. The molecule has 1 saturated heterocycles. The molecule has 2 aromatic heterocycles. The van der Waals surface area contributed by atoms with Crippen LogP contribution in [0, 0.1) is 5.92 Å². The summed E-state index contributed by atoms with van der Waals surface area (Å²) < 4.78 is 11.0. The minimum absolute atomic E-state index is 0.0125. The van der Waals surface area contributed by atoms with Crippen molar-refractivity contribution in [1.82, 2.24) is 9.88 Å². The second-order valence-corrected chi connectivity index (χ2v) is 8.61. The van der Waals surface area contributed by atoms with Crippen LogP contribution in [0.15, 0.2) is 53.1 Å². The first-order chi connectivity index (χ1) is 16.6. The normalized spacial score (nSPS) is 20.8. The summed E-state index contributed by atoms with van der Waals surface area (Å²) in [5.74, 6) is -0.823. The third-order valence-electron chi connectivity index (χ3n) is 6.46. The van der Waals surface area contributed by atoms with Crippen LogP contribution in [0.25, 0.3) is 11.1 Å². The maximum absolute atomic E-state index is 13.2. The van der Waals surface area contributed by atoms with E-state index in [0.29, 0.717) is 42.8 Å². The molecule has 2 N–H and O–H groups in total. The number of aromatic nitrogens is 1. The molecule has 1 saturated carbocycles. The summed E-state index contributed by atoms with van der Waals surface area (Å²) in [5.41, 5.74) is 1.75. The molecule has 2 aliphatic rings. The fraction of sp³-hybridized carbons (Fsp3) is 0.360. The maximum atomic E-state index is 13.2. The number of nitrogens with zero attached hydrogens (tertiary/aromatic N) is 2. The number of benzene rings is 1. The van der Waals surface area contributed by atoms with Crippen LogP contribution in [0.3, 0.4) is 0 Å². The van der Waals surface area contributed by atoms with Gasteiger partial charge in [0, 0.05) is 30.4 Å². The summed E-state index contributed by atoms with van der Waals surface area (Å²) >= 11 is 0. The van der Waals surface area contributed by atoms with Crippen molar-refractivity contribution in [2.75, 3.05) is 30.4 Å². The van der Waals surface area contributed by atoms with E-state index < -0.39 is 5.91 Å². The minimum atomic E-state index is -0.464. The minimum Gasteiger partial charge on any atom is -0.447 e. The van der Waals surface area contributed by atoms with Gasteiger partial charge in [0.1, 0.15) is 17.8 Å². The molecule has 9 heteroatoms. The lowest BCUT2D eigenvalue weighted by Crippen LogP contribution is -2.49. The second kappa shape index (κ2) is 9.64. The van der Waals surface area contributed by atoms with Crippen LogP contribution in [-0.4, -0.2) is 53.4 Å². The van der Waals surface area contributed by atoms with Crippen LogP contribution in [0.4, 0.5) is 11.4 Å². The van der Waals surface area contributed by atoms with Gasteiger partial charge in [0.15, 0.2) is 5.58 Å². The zero-order valence-electron chi connectivity index (χ0n) is 18.7. The number of ether oxygens (including phenoxy) is 1. The van der Waals surface area contributed by atoms with Gasteiger partial charge >= 0.3 is 0 Å². The Morgan fingerprint density at radius 2 is 1.79 bits per heavy atom. The average molecular weight is 463 g/mol. The van der Waals surface area contributed by atoms with E-state index in [0.717, 1.165) is 12.8 Å². The number of furan rings is 1. The largest absolute Gasteiger partial charge is 0.447 e. The predicted octanol–water partition coefficient (Wildman–Crippen LogP) is 3.44. The highest BCUT2D eigenvalue weighted by atomic mass is 16.5. The summed E-state index contributed by atoms with van der Waals surface area (Å²) in [5, 5.41) is 5.72. The Morgan fingerprint density at radius 3 is 2.56 bits per heavy atom. The van der Waals surface area contributed by atoms with Crippen molar-refractivity contribution in [3.8, 4) is 0 Å². The number of hydrogen-bond acceptors (Lipinski definition) is 6.